The molecule has 3 atom stereocenters. The van der Waals surface area contributed by atoms with Crippen molar-refractivity contribution in [3.63, 3.8) is 0 Å². The molecular formula is C27H30N4O3. The Bertz CT molecular complexity index is 1140. The van der Waals surface area contributed by atoms with Gasteiger partial charge in [0.25, 0.3) is 5.91 Å². The lowest BCUT2D eigenvalue weighted by Crippen LogP contribution is -2.47. The highest BCUT2D eigenvalue weighted by Gasteiger charge is 2.47. The summed E-state index contributed by atoms with van der Waals surface area (Å²) >= 11 is 0. The molecule has 3 aromatic rings. The summed E-state index contributed by atoms with van der Waals surface area (Å²) in [5.74, 6) is 1.75. The summed E-state index contributed by atoms with van der Waals surface area (Å²) in [5.41, 5.74) is 1.33. The van der Waals surface area contributed by atoms with Gasteiger partial charge in [0.15, 0.2) is 0 Å². The van der Waals surface area contributed by atoms with E-state index in [9.17, 15) is 9.59 Å². The fourth-order valence-corrected chi connectivity index (χ4v) is 5.26. The number of nitrogens with zero attached hydrogens (tertiary/aromatic N) is 3. The Morgan fingerprint density at radius 2 is 1.82 bits per heavy atom. The van der Waals surface area contributed by atoms with Crippen molar-refractivity contribution in [3.8, 4) is 5.75 Å². The van der Waals surface area contributed by atoms with Gasteiger partial charge in [-0.2, -0.15) is 0 Å². The molecule has 7 heteroatoms. The molecular weight excluding hydrogens is 428 g/mol. The predicted octanol–water partition coefficient (Wildman–Crippen LogP) is 4.41. The summed E-state index contributed by atoms with van der Waals surface area (Å²) < 4.78 is 7.72. The zero-order chi connectivity index (χ0) is 23.5. The summed E-state index contributed by atoms with van der Waals surface area (Å²) in [4.78, 5) is 32.9. The Labute approximate surface area is 199 Å². The van der Waals surface area contributed by atoms with Crippen LogP contribution >= 0.6 is 0 Å². The summed E-state index contributed by atoms with van der Waals surface area (Å²) in [5, 5.41) is 3.03. The van der Waals surface area contributed by atoms with E-state index in [0.29, 0.717) is 29.5 Å². The molecule has 2 aromatic carbocycles. The van der Waals surface area contributed by atoms with E-state index >= 15 is 0 Å². The van der Waals surface area contributed by atoms with Gasteiger partial charge in [-0.1, -0.05) is 31.0 Å². The van der Waals surface area contributed by atoms with Crippen molar-refractivity contribution in [2.24, 2.45) is 13.0 Å². The normalized spacial score (nSPS) is 21.7. The lowest BCUT2D eigenvalue weighted by Gasteiger charge is -2.33. The number of carbonyl (C=O) groups is 2. The number of aryl methyl sites for hydroxylation is 1. The second-order valence-electron chi connectivity index (χ2n) is 9.20. The molecule has 1 aromatic heterocycles. The quantitative estimate of drug-likeness (QED) is 0.594. The third kappa shape index (κ3) is 4.55. The fraction of sp³-hybridized carbons (Fsp3) is 0.370. The van der Waals surface area contributed by atoms with E-state index in [2.05, 4.69) is 10.3 Å². The summed E-state index contributed by atoms with van der Waals surface area (Å²) in [6.07, 6.45) is 8.66. The second-order valence-corrected chi connectivity index (χ2v) is 9.20. The SMILES string of the molecule is Cn1ccnc1COc1ccc(NC(=O)C2CC3CCCCC3N2C(=O)c2ccccc2)cc1. The van der Waals surface area contributed by atoms with Crippen molar-refractivity contribution in [3.05, 3.63) is 78.4 Å². The minimum absolute atomic E-state index is 0.0480. The highest BCUT2D eigenvalue weighted by molar-refractivity contribution is 6.01. The fourth-order valence-electron chi connectivity index (χ4n) is 5.26. The summed E-state index contributed by atoms with van der Waals surface area (Å²) in [6.45, 7) is 0.372. The number of nitrogens with one attached hydrogen (secondary N) is 1. The van der Waals surface area contributed by atoms with Gasteiger partial charge < -0.3 is 19.5 Å². The van der Waals surface area contributed by atoms with E-state index in [0.717, 1.165) is 31.5 Å². The van der Waals surface area contributed by atoms with Gasteiger partial charge in [0.2, 0.25) is 5.91 Å². The maximum atomic E-state index is 13.4. The van der Waals surface area contributed by atoms with Crippen LogP contribution in [-0.2, 0) is 18.4 Å². The summed E-state index contributed by atoms with van der Waals surface area (Å²) in [6, 6.07) is 16.3. The Hall–Kier alpha value is -3.61. The van der Waals surface area contributed by atoms with Gasteiger partial charge in [0.1, 0.15) is 24.2 Å². The lowest BCUT2D eigenvalue weighted by atomic mass is 9.84. The van der Waals surface area contributed by atoms with Gasteiger partial charge in [0, 0.05) is 36.7 Å². The molecule has 5 rings (SSSR count). The smallest absolute Gasteiger partial charge is 0.254 e. The number of ether oxygens (including phenoxy) is 1. The average molecular weight is 459 g/mol. The molecule has 7 nitrogen and oxygen atoms in total. The minimum Gasteiger partial charge on any atom is -0.486 e. The molecule has 0 radical (unpaired) electrons. The molecule has 1 saturated carbocycles. The molecule has 176 valence electrons. The largest absolute Gasteiger partial charge is 0.486 e. The predicted molar refractivity (Wildman–Crippen MR) is 129 cm³/mol. The van der Waals surface area contributed by atoms with Crippen LogP contribution in [0.4, 0.5) is 5.69 Å². The maximum absolute atomic E-state index is 13.4. The molecule has 2 aliphatic rings. The third-order valence-electron chi connectivity index (χ3n) is 7.06. The number of amides is 2. The van der Waals surface area contributed by atoms with Crippen LogP contribution < -0.4 is 10.1 Å². The van der Waals surface area contributed by atoms with E-state index in [1.54, 1.807) is 6.20 Å². The van der Waals surface area contributed by atoms with Crippen molar-refractivity contribution in [2.45, 2.75) is 50.8 Å². The molecule has 1 N–H and O–H groups in total. The number of anilines is 1. The molecule has 2 fully saturated rings. The maximum Gasteiger partial charge on any atom is 0.254 e. The first kappa shape index (κ1) is 22.2. The van der Waals surface area contributed by atoms with Gasteiger partial charge in [-0.15, -0.1) is 0 Å². The zero-order valence-corrected chi connectivity index (χ0v) is 19.4. The molecule has 2 amide bonds. The number of likely N-dealkylation sites (tertiary alicyclic amines) is 1. The van der Waals surface area contributed by atoms with Crippen molar-refractivity contribution in [1.29, 1.82) is 0 Å². The number of rotatable bonds is 6. The van der Waals surface area contributed by atoms with Gasteiger partial charge in [-0.05, 0) is 61.6 Å². The first-order chi connectivity index (χ1) is 16.6. The monoisotopic (exact) mass is 458 g/mol. The first-order valence-electron chi connectivity index (χ1n) is 12.0. The Kier molecular flexibility index (Phi) is 6.34. The van der Waals surface area contributed by atoms with Crippen LogP contribution in [0.15, 0.2) is 67.0 Å². The topological polar surface area (TPSA) is 76.5 Å². The lowest BCUT2D eigenvalue weighted by molar-refractivity contribution is -0.120. The minimum atomic E-state index is -0.458. The number of hydrogen-bond donors (Lipinski definition) is 1. The Morgan fingerprint density at radius 1 is 1.06 bits per heavy atom. The molecule has 3 unspecified atom stereocenters. The second kappa shape index (κ2) is 9.71. The standard InChI is InChI=1S/C27H30N4O3/c1-30-16-15-28-25(30)18-34-22-13-11-21(12-14-22)29-26(32)24-17-20-9-5-6-10-23(20)31(24)27(33)19-7-3-2-4-8-19/h2-4,7-8,11-16,20,23-24H,5-6,9-10,17-18H2,1H3,(H,29,32). The molecule has 1 aliphatic carbocycles. The highest BCUT2D eigenvalue weighted by atomic mass is 16.5. The van der Waals surface area contributed by atoms with Gasteiger partial charge in [-0.3, -0.25) is 9.59 Å². The Morgan fingerprint density at radius 3 is 2.56 bits per heavy atom. The first-order valence-corrected chi connectivity index (χ1v) is 12.0. The number of hydrogen-bond acceptors (Lipinski definition) is 4. The van der Waals surface area contributed by atoms with E-state index in [4.69, 9.17) is 4.74 Å². The molecule has 1 saturated heterocycles. The van der Waals surface area contributed by atoms with Gasteiger partial charge >= 0.3 is 0 Å². The van der Waals surface area contributed by atoms with Crippen LogP contribution in [0.2, 0.25) is 0 Å². The third-order valence-corrected chi connectivity index (χ3v) is 7.06. The number of fused-ring (bicyclic) bond motifs is 1. The van der Waals surface area contributed by atoms with E-state index in [1.165, 1.54) is 6.42 Å². The van der Waals surface area contributed by atoms with E-state index in [-0.39, 0.29) is 17.9 Å². The molecule has 34 heavy (non-hydrogen) atoms. The van der Waals surface area contributed by atoms with Crippen molar-refractivity contribution in [1.82, 2.24) is 14.5 Å². The average Bonchev–Trinajstić information content (AvgIpc) is 3.47. The van der Waals surface area contributed by atoms with Crippen molar-refractivity contribution < 1.29 is 14.3 Å². The number of imidazole rings is 1. The number of benzene rings is 2. The van der Waals surface area contributed by atoms with Crippen LogP contribution in [0.5, 0.6) is 5.75 Å². The van der Waals surface area contributed by atoms with Gasteiger partial charge in [-0.25, -0.2) is 4.98 Å². The van der Waals surface area contributed by atoms with Crippen molar-refractivity contribution in [2.75, 3.05) is 5.32 Å². The Balaban J connectivity index is 1.27. The van der Waals surface area contributed by atoms with Gasteiger partial charge in [0.05, 0.1) is 0 Å². The highest BCUT2D eigenvalue weighted by Crippen LogP contribution is 2.41. The molecule has 0 spiro atoms. The zero-order valence-electron chi connectivity index (χ0n) is 19.4. The molecule has 1 aliphatic heterocycles. The van der Waals surface area contributed by atoms with E-state index in [1.807, 2.05) is 77.3 Å². The van der Waals surface area contributed by atoms with Crippen LogP contribution in [0.1, 0.15) is 48.3 Å². The van der Waals surface area contributed by atoms with E-state index < -0.39 is 6.04 Å². The number of carbonyl (C=O) groups excluding carboxylic acids is 2. The summed E-state index contributed by atoms with van der Waals surface area (Å²) in [7, 11) is 1.93. The number of aromatic nitrogens is 2. The van der Waals surface area contributed by atoms with Crippen LogP contribution in [0.3, 0.4) is 0 Å². The molecule has 2 heterocycles. The van der Waals surface area contributed by atoms with Crippen LogP contribution in [0, 0.1) is 5.92 Å². The molecule has 0 bridgehead atoms. The van der Waals surface area contributed by atoms with Crippen molar-refractivity contribution >= 4 is 17.5 Å². The van der Waals surface area contributed by atoms with Crippen LogP contribution in [0.25, 0.3) is 0 Å². The van der Waals surface area contributed by atoms with Crippen LogP contribution in [-0.4, -0.2) is 38.3 Å².